The van der Waals surface area contributed by atoms with Gasteiger partial charge in [0.2, 0.25) is 5.91 Å². The number of carbonyl (C=O) groups is 2. The van der Waals surface area contributed by atoms with E-state index < -0.39 is 12.0 Å². The van der Waals surface area contributed by atoms with Crippen molar-refractivity contribution in [2.24, 2.45) is 5.92 Å². The summed E-state index contributed by atoms with van der Waals surface area (Å²) in [6.07, 6.45) is 3.00. The standard InChI is InChI=1S/C15H18ClNO3/c1-10(2)14(15(19)20-3)17-13(18)8-7-11-5-4-6-12(16)9-11/h4-10,14H,1-3H3,(H,17,18)/b8-7+. The number of halogens is 1. The Morgan fingerprint density at radius 2 is 2.05 bits per heavy atom. The molecular weight excluding hydrogens is 278 g/mol. The fourth-order valence-corrected chi connectivity index (χ4v) is 1.81. The van der Waals surface area contributed by atoms with Crippen LogP contribution in [0.3, 0.4) is 0 Å². The minimum Gasteiger partial charge on any atom is -0.467 e. The van der Waals surface area contributed by atoms with Crippen molar-refractivity contribution in [2.75, 3.05) is 7.11 Å². The Morgan fingerprint density at radius 1 is 1.35 bits per heavy atom. The minimum absolute atomic E-state index is 0.0500. The van der Waals surface area contributed by atoms with Crippen molar-refractivity contribution < 1.29 is 14.3 Å². The topological polar surface area (TPSA) is 55.4 Å². The molecule has 108 valence electrons. The zero-order chi connectivity index (χ0) is 15.1. The van der Waals surface area contributed by atoms with Crippen molar-refractivity contribution >= 4 is 29.6 Å². The zero-order valence-electron chi connectivity index (χ0n) is 11.7. The van der Waals surface area contributed by atoms with Crippen LogP contribution in [0.2, 0.25) is 5.02 Å². The first-order valence-electron chi connectivity index (χ1n) is 6.26. The Labute approximate surface area is 123 Å². The van der Waals surface area contributed by atoms with Gasteiger partial charge in [-0.3, -0.25) is 4.79 Å². The molecule has 1 N–H and O–H groups in total. The van der Waals surface area contributed by atoms with E-state index in [1.807, 2.05) is 19.9 Å². The molecule has 0 fully saturated rings. The van der Waals surface area contributed by atoms with E-state index in [1.165, 1.54) is 13.2 Å². The van der Waals surface area contributed by atoms with Crippen molar-refractivity contribution in [3.8, 4) is 0 Å². The summed E-state index contributed by atoms with van der Waals surface area (Å²) in [5.74, 6) is -0.857. The predicted octanol–water partition coefficient (Wildman–Crippen LogP) is 2.67. The molecule has 1 aromatic carbocycles. The molecule has 0 saturated carbocycles. The lowest BCUT2D eigenvalue weighted by atomic mass is 10.0. The third-order valence-electron chi connectivity index (χ3n) is 2.70. The molecule has 0 saturated heterocycles. The van der Waals surface area contributed by atoms with Gasteiger partial charge >= 0.3 is 5.97 Å². The van der Waals surface area contributed by atoms with E-state index in [1.54, 1.807) is 24.3 Å². The highest BCUT2D eigenvalue weighted by molar-refractivity contribution is 6.30. The number of nitrogens with one attached hydrogen (secondary N) is 1. The molecule has 0 bridgehead atoms. The van der Waals surface area contributed by atoms with E-state index in [-0.39, 0.29) is 11.8 Å². The van der Waals surface area contributed by atoms with Crippen molar-refractivity contribution in [3.63, 3.8) is 0 Å². The third-order valence-corrected chi connectivity index (χ3v) is 2.93. The Morgan fingerprint density at radius 3 is 2.60 bits per heavy atom. The molecule has 1 aromatic rings. The normalized spacial score (nSPS) is 12.4. The maximum atomic E-state index is 11.8. The molecule has 1 atom stereocenters. The lowest BCUT2D eigenvalue weighted by Gasteiger charge is -2.18. The van der Waals surface area contributed by atoms with Crippen LogP contribution in [0.15, 0.2) is 30.3 Å². The van der Waals surface area contributed by atoms with E-state index in [2.05, 4.69) is 10.1 Å². The van der Waals surface area contributed by atoms with Crippen molar-refractivity contribution in [1.29, 1.82) is 0 Å². The van der Waals surface area contributed by atoms with Crippen LogP contribution >= 0.6 is 11.6 Å². The smallest absolute Gasteiger partial charge is 0.328 e. The number of ether oxygens (including phenoxy) is 1. The Hall–Kier alpha value is -1.81. The lowest BCUT2D eigenvalue weighted by Crippen LogP contribution is -2.44. The number of carbonyl (C=O) groups excluding carboxylic acids is 2. The van der Waals surface area contributed by atoms with Crippen LogP contribution in [0.25, 0.3) is 6.08 Å². The van der Waals surface area contributed by atoms with Gasteiger partial charge < -0.3 is 10.1 Å². The summed E-state index contributed by atoms with van der Waals surface area (Å²) in [6, 6.07) is 6.47. The van der Waals surface area contributed by atoms with Gasteiger partial charge in [0, 0.05) is 11.1 Å². The number of hydrogen-bond donors (Lipinski definition) is 1. The van der Waals surface area contributed by atoms with E-state index >= 15 is 0 Å². The molecule has 1 amide bonds. The van der Waals surface area contributed by atoms with Crippen LogP contribution in [-0.2, 0) is 14.3 Å². The molecule has 1 rings (SSSR count). The third kappa shape index (κ3) is 5.05. The summed E-state index contributed by atoms with van der Waals surface area (Å²) in [4.78, 5) is 23.3. The Bertz CT molecular complexity index is 512. The second kappa shape index (κ2) is 7.70. The predicted molar refractivity (Wildman–Crippen MR) is 79.3 cm³/mol. The molecule has 0 aliphatic heterocycles. The quantitative estimate of drug-likeness (QED) is 0.671. The molecule has 0 spiro atoms. The Kier molecular flexibility index (Phi) is 6.25. The summed E-state index contributed by atoms with van der Waals surface area (Å²) in [6.45, 7) is 3.67. The summed E-state index contributed by atoms with van der Waals surface area (Å²) in [7, 11) is 1.30. The molecule has 4 nitrogen and oxygen atoms in total. The average Bonchev–Trinajstić information content (AvgIpc) is 2.41. The largest absolute Gasteiger partial charge is 0.467 e. The molecule has 0 aromatic heterocycles. The van der Waals surface area contributed by atoms with Crippen molar-refractivity contribution in [1.82, 2.24) is 5.32 Å². The average molecular weight is 296 g/mol. The number of methoxy groups -OCH3 is 1. The van der Waals surface area contributed by atoms with Gasteiger partial charge in [-0.1, -0.05) is 37.6 Å². The molecule has 0 aliphatic carbocycles. The van der Waals surface area contributed by atoms with Crippen LogP contribution in [0.4, 0.5) is 0 Å². The number of amides is 1. The summed E-state index contributed by atoms with van der Waals surface area (Å²) < 4.78 is 4.66. The molecule has 5 heteroatoms. The molecule has 0 aliphatic rings. The SMILES string of the molecule is COC(=O)C(NC(=O)/C=C/c1cccc(Cl)c1)C(C)C. The highest BCUT2D eigenvalue weighted by Gasteiger charge is 2.23. The van der Waals surface area contributed by atoms with Crippen molar-refractivity contribution in [3.05, 3.63) is 40.9 Å². The number of benzene rings is 1. The van der Waals surface area contributed by atoms with Gasteiger partial charge in [-0.2, -0.15) is 0 Å². The van der Waals surface area contributed by atoms with Crippen LogP contribution in [-0.4, -0.2) is 25.0 Å². The number of rotatable bonds is 5. The molecule has 0 radical (unpaired) electrons. The second-order valence-electron chi connectivity index (χ2n) is 4.64. The van der Waals surface area contributed by atoms with Crippen molar-refractivity contribution in [2.45, 2.75) is 19.9 Å². The van der Waals surface area contributed by atoms with Crippen LogP contribution < -0.4 is 5.32 Å². The van der Waals surface area contributed by atoms with Crippen LogP contribution in [0, 0.1) is 5.92 Å². The van der Waals surface area contributed by atoms with E-state index in [4.69, 9.17) is 11.6 Å². The first-order valence-corrected chi connectivity index (χ1v) is 6.64. The molecule has 0 heterocycles. The van der Waals surface area contributed by atoms with Gasteiger partial charge in [0.1, 0.15) is 6.04 Å². The van der Waals surface area contributed by atoms with Gasteiger partial charge in [-0.05, 0) is 29.7 Å². The lowest BCUT2D eigenvalue weighted by molar-refractivity contribution is -0.145. The molecular formula is C15H18ClNO3. The summed E-state index contributed by atoms with van der Waals surface area (Å²) in [5, 5.41) is 3.22. The number of esters is 1. The zero-order valence-corrected chi connectivity index (χ0v) is 12.5. The van der Waals surface area contributed by atoms with Gasteiger partial charge in [-0.25, -0.2) is 4.79 Å². The van der Waals surface area contributed by atoms with Gasteiger partial charge in [0.15, 0.2) is 0 Å². The van der Waals surface area contributed by atoms with Crippen LogP contribution in [0.1, 0.15) is 19.4 Å². The second-order valence-corrected chi connectivity index (χ2v) is 5.08. The first kappa shape index (κ1) is 16.2. The molecule has 20 heavy (non-hydrogen) atoms. The summed E-state index contributed by atoms with van der Waals surface area (Å²) in [5.41, 5.74) is 0.812. The van der Waals surface area contributed by atoms with E-state index in [9.17, 15) is 9.59 Å². The summed E-state index contributed by atoms with van der Waals surface area (Å²) >= 11 is 5.85. The molecule has 1 unspecified atom stereocenters. The van der Waals surface area contributed by atoms with Gasteiger partial charge in [0.05, 0.1) is 7.11 Å². The maximum absolute atomic E-state index is 11.8. The monoisotopic (exact) mass is 295 g/mol. The fraction of sp³-hybridized carbons (Fsp3) is 0.333. The Balaban J connectivity index is 2.68. The van der Waals surface area contributed by atoms with Crippen LogP contribution in [0.5, 0.6) is 0 Å². The van der Waals surface area contributed by atoms with E-state index in [0.29, 0.717) is 5.02 Å². The first-order chi connectivity index (χ1) is 9.43. The van der Waals surface area contributed by atoms with Gasteiger partial charge in [0.25, 0.3) is 0 Å². The fourth-order valence-electron chi connectivity index (χ4n) is 1.61. The maximum Gasteiger partial charge on any atom is 0.328 e. The minimum atomic E-state index is -0.656. The highest BCUT2D eigenvalue weighted by Crippen LogP contribution is 2.11. The number of hydrogen-bond acceptors (Lipinski definition) is 3. The van der Waals surface area contributed by atoms with E-state index in [0.717, 1.165) is 5.56 Å². The highest BCUT2D eigenvalue weighted by atomic mass is 35.5. The van der Waals surface area contributed by atoms with Gasteiger partial charge in [-0.15, -0.1) is 0 Å².